The third-order valence-corrected chi connectivity index (χ3v) is 15.9. The van der Waals surface area contributed by atoms with Crippen LogP contribution in [0.15, 0.2) is 23.3 Å². The number of hydrogen-bond acceptors (Lipinski definition) is 11. The maximum absolute atomic E-state index is 13.7. The topological polar surface area (TPSA) is 196 Å². The van der Waals surface area contributed by atoms with Crippen LogP contribution in [0.4, 0.5) is 0 Å². The standard InChI is InChI=1S/C42H68O12/c1-21(2)22(3)9-10-23(4)24-14-18-42(38(49)50)26-11-12-29-39(5,6)30(15-16-40(29,7)25(26)13-17-41(24,42)8)53-37-35(31(45)27(44)20-51-37)54-36-34(48)33(47)32(46)28(19-43)52-36/h21,23-24,27-37,43-48H,3,9-20H2,1-2,4-8H3,(H,49,50)/t23-,24-,27+,28-,29+,30+,31+,32+,33+,34-,35-,36+,37+,40-,41-,42+/m1/s1. The molecule has 2 saturated heterocycles. The Morgan fingerprint density at radius 1 is 0.870 bits per heavy atom. The molecule has 6 rings (SSSR count). The fourth-order valence-electron chi connectivity index (χ4n) is 12.4. The summed E-state index contributed by atoms with van der Waals surface area (Å²) in [6.45, 7) is 19.1. The maximum Gasteiger partial charge on any atom is 0.314 e. The highest BCUT2D eigenvalue weighted by molar-refractivity contribution is 5.82. The summed E-state index contributed by atoms with van der Waals surface area (Å²) in [7, 11) is 0. The minimum absolute atomic E-state index is 0.166. The van der Waals surface area contributed by atoms with E-state index in [4.69, 9.17) is 18.9 Å². The number of hydrogen-bond donors (Lipinski definition) is 7. The maximum atomic E-state index is 13.7. The van der Waals surface area contributed by atoms with Gasteiger partial charge in [-0.25, -0.2) is 0 Å². The van der Waals surface area contributed by atoms with Crippen molar-refractivity contribution in [1.29, 1.82) is 0 Å². The number of allylic oxidation sites excluding steroid dienone is 2. The Kier molecular flexibility index (Phi) is 12.0. The second kappa shape index (κ2) is 15.4. The van der Waals surface area contributed by atoms with Gasteiger partial charge in [-0.2, -0.15) is 0 Å². The van der Waals surface area contributed by atoms with E-state index >= 15 is 0 Å². The molecule has 0 radical (unpaired) electrons. The predicted octanol–water partition coefficient (Wildman–Crippen LogP) is 4.08. The lowest BCUT2D eigenvalue weighted by Crippen LogP contribution is -2.64. The van der Waals surface area contributed by atoms with Gasteiger partial charge < -0.3 is 54.7 Å². The van der Waals surface area contributed by atoms with Gasteiger partial charge in [-0.05, 0) is 104 Å². The van der Waals surface area contributed by atoms with Crippen molar-refractivity contribution in [3.8, 4) is 0 Å². The van der Waals surface area contributed by atoms with Gasteiger partial charge in [0.2, 0.25) is 0 Å². The molecule has 2 saturated carbocycles. The lowest BCUT2D eigenvalue weighted by atomic mass is 9.43. The molecule has 0 aromatic rings. The third-order valence-electron chi connectivity index (χ3n) is 15.9. The Labute approximate surface area is 320 Å². The molecule has 4 fully saturated rings. The molecule has 308 valence electrons. The lowest BCUT2D eigenvalue weighted by Gasteiger charge is -2.62. The fourth-order valence-corrected chi connectivity index (χ4v) is 12.4. The molecule has 2 aliphatic heterocycles. The van der Waals surface area contributed by atoms with Crippen LogP contribution in [0.3, 0.4) is 0 Å². The van der Waals surface area contributed by atoms with E-state index in [2.05, 4.69) is 55.0 Å². The van der Waals surface area contributed by atoms with Crippen LogP contribution in [0, 0.1) is 45.3 Å². The summed E-state index contributed by atoms with van der Waals surface area (Å²) >= 11 is 0. The molecule has 0 bridgehead atoms. The molecular weight excluding hydrogens is 696 g/mol. The monoisotopic (exact) mass is 764 g/mol. The van der Waals surface area contributed by atoms with E-state index in [9.17, 15) is 40.5 Å². The minimum Gasteiger partial charge on any atom is -0.481 e. The Balaban J connectivity index is 1.23. The average Bonchev–Trinajstić information content (AvgIpc) is 3.45. The molecule has 0 amide bonds. The summed E-state index contributed by atoms with van der Waals surface area (Å²) in [5.41, 5.74) is 1.94. The largest absolute Gasteiger partial charge is 0.481 e. The molecule has 0 unspecified atom stereocenters. The number of fused-ring (bicyclic) bond motifs is 4. The van der Waals surface area contributed by atoms with Gasteiger partial charge in [0, 0.05) is 0 Å². The van der Waals surface area contributed by atoms with E-state index in [1.54, 1.807) is 0 Å². The van der Waals surface area contributed by atoms with Gasteiger partial charge in [-0.15, -0.1) is 0 Å². The van der Waals surface area contributed by atoms with Crippen LogP contribution in [0.25, 0.3) is 0 Å². The van der Waals surface area contributed by atoms with Gasteiger partial charge >= 0.3 is 5.97 Å². The van der Waals surface area contributed by atoms with E-state index in [0.717, 1.165) is 51.4 Å². The van der Waals surface area contributed by atoms with Crippen LogP contribution >= 0.6 is 0 Å². The smallest absolute Gasteiger partial charge is 0.314 e. The van der Waals surface area contributed by atoms with Crippen LogP contribution < -0.4 is 0 Å². The van der Waals surface area contributed by atoms with Crippen LogP contribution in [-0.2, 0) is 23.7 Å². The van der Waals surface area contributed by atoms with Crippen molar-refractivity contribution in [2.24, 2.45) is 45.3 Å². The number of aliphatic carboxylic acids is 1. The summed E-state index contributed by atoms with van der Waals surface area (Å²) in [6.07, 6.45) is -5.06. The van der Waals surface area contributed by atoms with Crippen molar-refractivity contribution < 1.29 is 59.5 Å². The molecule has 12 heteroatoms. The highest BCUT2D eigenvalue weighted by atomic mass is 16.8. The molecule has 16 atom stereocenters. The van der Waals surface area contributed by atoms with E-state index in [0.29, 0.717) is 30.6 Å². The number of carbonyl (C=O) groups is 1. The van der Waals surface area contributed by atoms with E-state index in [1.807, 2.05) is 0 Å². The van der Waals surface area contributed by atoms with E-state index in [-0.39, 0.29) is 29.5 Å². The van der Waals surface area contributed by atoms with Gasteiger partial charge in [-0.3, -0.25) is 4.79 Å². The van der Waals surface area contributed by atoms with E-state index < -0.39 is 78.7 Å². The minimum atomic E-state index is -1.71. The zero-order chi connectivity index (χ0) is 39.7. The molecular formula is C42H68O12. The first kappa shape index (κ1) is 42.2. The van der Waals surface area contributed by atoms with Crippen molar-refractivity contribution in [3.63, 3.8) is 0 Å². The van der Waals surface area contributed by atoms with Crippen molar-refractivity contribution >= 4 is 5.97 Å². The van der Waals surface area contributed by atoms with Crippen molar-refractivity contribution in [3.05, 3.63) is 23.3 Å². The zero-order valence-corrected chi connectivity index (χ0v) is 33.4. The lowest BCUT2D eigenvalue weighted by molar-refractivity contribution is -0.365. The predicted molar refractivity (Wildman–Crippen MR) is 199 cm³/mol. The van der Waals surface area contributed by atoms with Crippen molar-refractivity contribution in [2.75, 3.05) is 13.2 Å². The normalized spacial score (nSPS) is 46.8. The zero-order valence-electron chi connectivity index (χ0n) is 33.4. The average molecular weight is 765 g/mol. The second-order valence-corrected chi connectivity index (χ2v) is 19.1. The van der Waals surface area contributed by atoms with Crippen LogP contribution in [0.2, 0.25) is 0 Å². The number of carboxylic acids is 1. The van der Waals surface area contributed by atoms with Gasteiger partial charge in [-0.1, -0.05) is 71.8 Å². The summed E-state index contributed by atoms with van der Waals surface area (Å²) in [4.78, 5) is 13.7. The number of carboxylic acid groups (broad SMARTS) is 1. The Morgan fingerprint density at radius 3 is 2.22 bits per heavy atom. The molecule has 7 N–H and O–H groups in total. The van der Waals surface area contributed by atoms with Gasteiger partial charge in [0.25, 0.3) is 0 Å². The molecule has 2 heterocycles. The number of ether oxygens (including phenoxy) is 4. The number of aliphatic hydroxyl groups excluding tert-OH is 6. The first-order chi connectivity index (χ1) is 25.3. The number of aliphatic hydroxyl groups is 6. The quantitative estimate of drug-likeness (QED) is 0.149. The highest BCUT2D eigenvalue weighted by Crippen LogP contribution is 2.73. The Hall–Kier alpha value is -1.45. The summed E-state index contributed by atoms with van der Waals surface area (Å²) in [6, 6.07) is 0. The molecule has 6 aliphatic rings. The highest BCUT2D eigenvalue weighted by Gasteiger charge is 2.68. The first-order valence-electron chi connectivity index (χ1n) is 20.5. The molecule has 54 heavy (non-hydrogen) atoms. The molecule has 0 aromatic heterocycles. The molecule has 0 aromatic carbocycles. The van der Waals surface area contributed by atoms with Crippen LogP contribution in [0.1, 0.15) is 113 Å². The summed E-state index contributed by atoms with van der Waals surface area (Å²) in [5, 5.41) is 73.8. The molecule has 0 spiro atoms. The van der Waals surface area contributed by atoms with Crippen LogP contribution in [0.5, 0.6) is 0 Å². The fraction of sp³-hybridized carbons (Fsp3) is 0.881. The van der Waals surface area contributed by atoms with Gasteiger partial charge in [0.1, 0.15) is 42.7 Å². The summed E-state index contributed by atoms with van der Waals surface area (Å²) < 4.78 is 24.1. The van der Waals surface area contributed by atoms with Gasteiger partial charge in [0.15, 0.2) is 12.6 Å². The van der Waals surface area contributed by atoms with Crippen LogP contribution in [-0.4, -0.2) is 116 Å². The molecule has 4 aliphatic carbocycles. The van der Waals surface area contributed by atoms with Crippen molar-refractivity contribution in [1.82, 2.24) is 0 Å². The Bertz CT molecular complexity index is 1430. The first-order valence-corrected chi connectivity index (χ1v) is 20.5. The van der Waals surface area contributed by atoms with Crippen molar-refractivity contribution in [2.45, 2.75) is 174 Å². The SMILES string of the molecule is C=C(CC[C@@H](C)[C@H]1CC[C@@]2(C(=O)O)C3=C(CC[C@]12C)[C@@]1(C)CC[C@H](O[C@@H]2OC[C@H](O)[C@H](O)[C@H]2O[C@@H]2O[C@H](CO)[C@H](O)[C@H](O)[C@H]2O)C(C)(C)[C@@H]1CC3)C(C)C. The summed E-state index contributed by atoms with van der Waals surface area (Å²) in [5.74, 6) is 0.675. The molecule has 12 nitrogen and oxygen atoms in total. The Morgan fingerprint density at radius 2 is 1.57 bits per heavy atom. The van der Waals surface area contributed by atoms with E-state index in [1.165, 1.54) is 16.7 Å². The second-order valence-electron chi connectivity index (χ2n) is 19.1. The number of rotatable bonds is 11. The van der Waals surface area contributed by atoms with Gasteiger partial charge in [0.05, 0.1) is 24.7 Å². The third kappa shape index (κ3) is 6.66.